The third kappa shape index (κ3) is 3.95. The zero-order valence-corrected chi connectivity index (χ0v) is 12.9. The predicted octanol–water partition coefficient (Wildman–Crippen LogP) is 3.24. The van der Waals surface area contributed by atoms with Crippen molar-refractivity contribution in [1.82, 2.24) is 0 Å². The lowest BCUT2D eigenvalue weighted by atomic mass is 10.1. The first-order chi connectivity index (χ1) is 10.6. The van der Waals surface area contributed by atoms with Crippen LogP contribution in [0.1, 0.15) is 19.4 Å². The normalized spacial score (nSPS) is 10.1. The number of benzene rings is 2. The molecule has 22 heavy (non-hydrogen) atoms. The molecule has 0 saturated carbocycles. The number of amides is 2. The van der Waals surface area contributed by atoms with Crippen LogP contribution in [0.4, 0.5) is 11.4 Å². The second-order valence-electron chi connectivity index (χ2n) is 5.00. The Kier molecular flexibility index (Phi) is 5.31. The molecule has 0 radical (unpaired) electrons. The maximum absolute atomic E-state index is 12.3. The molecule has 2 aromatic rings. The van der Waals surface area contributed by atoms with Crippen LogP contribution in [-0.4, -0.2) is 18.4 Å². The quantitative estimate of drug-likeness (QED) is 0.921. The number of hydrogen-bond acceptors (Lipinski definition) is 2. The molecule has 0 unspecified atom stereocenters. The Balaban J connectivity index is 2.11. The summed E-state index contributed by atoms with van der Waals surface area (Å²) in [6, 6.07) is 16.9. The average molecular weight is 296 g/mol. The molecule has 2 amide bonds. The third-order valence-electron chi connectivity index (χ3n) is 3.42. The van der Waals surface area contributed by atoms with Crippen LogP contribution in [0.25, 0.3) is 0 Å². The highest BCUT2D eigenvalue weighted by molar-refractivity contribution is 6.02. The maximum Gasteiger partial charge on any atom is 0.244 e. The second kappa shape index (κ2) is 7.41. The number of anilines is 2. The SMILES string of the molecule is CCc1ccccc1NC(=O)CN(C(C)=O)c1ccccc1. The molecule has 0 atom stereocenters. The van der Waals surface area contributed by atoms with Crippen LogP contribution in [0.3, 0.4) is 0 Å². The van der Waals surface area contributed by atoms with E-state index < -0.39 is 0 Å². The minimum Gasteiger partial charge on any atom is -0.324 e. The molecule has 2 aromatic carbocycles. The van der Waals surface area contributed by atoms with E-state index in [0.29, 0.717) is 5.69 Å². The van der Waals surface area contributed by atoms with Crippen LogP contribution in [0, 0.1) is 0 Å². The summed E-state index contributed by atoms with van der Waals surface area (Å²) in [4.78, 5) is 25.5. The standard InChI is InChI=1S/C18H20N2O2/c1-3-15-9-7-8-12-17(15)19-18(22)13-20(14(2)21)16-10-5-4-6-11-16/h4-12H,3,13H2,1-2H3,(H,19,22). The largest absolute Gasteiger partial charge is 0.324 e. The monoisotopic (exact) mass is 296 g/mol. The van der Waals surface area contributed by atoms with Crippen LogP contribution in [0.2, 0.25) is 0 Å². The Bertz CT molecular complexity index is 653. The Morgan fingerprint density at radius 2 is 1.64 bits per heavy atom. The molecule has 0 aliphatic heterocycles. The summed E-state index contributed by atoms with van der Waals surface area (Å²) in [5.74, 6) is -0.370. The van der Waals surface area contributed by atoms with Crippen molar-refractivity contribution >= 4 is 23.2 Å². The number of para-hydroxylation sites is 2. The summed E-state index contributed by atoms with van der Waals surface area (Å²) in [7, 11) is 0. The topological polar surface area (TPSA) is 49.4 Å². The fraction of sp³-hybridized carbons (Fsp3) is 0.222. The molecule has 0 bridgehead atoms. The highest BCUT2D eigenvalue weighted by Gasteiger charge is 2.16. The van der Waals surface area contributed by atoms with E-state index in [4.69, 9.17) is 0 Å². The van der Waals surface area contributed by atoms with Gasteiger partial charge in [-0.25, -0.2) is 0 Å². The Hall–Kier alpha value is -2.62. The number of carbonyl (C=O) groups is 2. The highest BCUT2D eigenvalue weighted by atomic mass is 16.2. The molecule has 0 aliphatic rings. The lowest BCUT2D eigenvalue weighted by Gasteiger charge is -2.21. The molecule has 2 rings (SSSR count). The second-order valence-corrected chi connectivity index (χ2v) is 5.00. The lowest BCUT2D eigenvalue weighted by molar-refractivity contribution is -0.120. The fourth-order valence-corrected chi connectivity index (χ4v) is 2.28. The molecule has 1 N–H and O–H groups in total. The first kappa shape index (κ1) is 15.8. The molecule has 0 fully saturated rings. The van der Waals surface area contributed by atoms with Gasteiger partial charge in [0, 0.05) is 18.3 Å². The number of hydrogen-bond donors (Lipinski definition) is 1. The minimum absolute atomic E-state index is 0.00258. The molecule has 0 spiro atoms. The Morgan fingerprint density at radius 3 is 2.27 bits per heavy atom. The van der Waals surface area contributed by atoms with E-state index in [-0.39, 0.29) is 18.4 Å². The molecule has 4 heteroatoms. The van der Waals surface area contributed by atoms with E-state index in [0.717, 1.165) is 17.7 Å². The number of aryl methyl sites for hydroxylation is 1. The molecular weight excluding hydrogens is 276 g/mol. The van der Waals surface area contributed by atoms with Crippen molar-refractivity contribution in [3.8, 4) is 0 Å². The van der Waals surface area contributed by atoms with Crippen LogP contribution in [-0.2, 0) is 16.0 Å². The van der Waals surface area contributed by atoms with Gasteiger partial charge >= 0.3 is 0 Å². The van der Waals surface area contributed by atoms with Crippen LogP contribution in [0.15, 0.2) is 54.6 Å². The molecule has 114 valence electrons. The van der Waals surface area contributed by atoms with Gasteiger partial charge in [0.2, 0.25) is 11.8 Å². The van der Waals surface area contributed by atoms with Crippen molar-refractivity contribution in [2.24, 2.45) is 0 Å². The van der Waals surface area contributed by atoms with Crippen LogP contribution in [0.5, 0.6) is 0 Å². The summed E-state index contributed by atoms with van der Waals surface area (Å²) in [5, 5.41) is 2.88. The molecule has 4 nitrogen and oxygen atoms in total. The van der Waals surface area contributed by atoms with E-state index in [9.17, 15) is 9.59 Å². The molecule has 0 aliphatic carbocycles. The Morgan fingerprint density at radius 1 is 1.00 bits per heavy atom. The maximum atomic E-state index is 12.3. The van der Waals surface area contributed by atoms with E-state index in [1.807, 2.05) is 61.5 Å². The first-order valence-corrected chi connectivity index (χ1v) is 7.32. The molecule has 0 saturated heterocycles. The van der Waals surface area contributed by atoms with E-state index >= 15 is 0 Å². The molecule has 0 aromatic heterocycles. The van der Waals surface area contributed by atoms with Gasteiger partial charge in [-0.1, -0.05) is 43.3 Å². The van der Waals surface area contributed by atoms with Crippen molar-refractivity contribution in [3.63, 3.8) is 0 Å². The van der Waals surface area contributed by atoms with Crippen molar-refractivity contribution in [1.29, 1.82) is 0 Å². The van der Waals surface area contributed by atoms with Crippen molar-refractivity contribution in [2.75, 3.05) is 16.8 Å². The third-order valence-corrected chi connectivity index (χ3v) is 3.42. The number of nitrogens with one attached hydrogen (secondary N) is 1. The van der Waals surface area contributed by atoms with Gasteiger partial charge in [-0.05, 0) is 30.2 Å². The lowest BCUT2D eigenvalue weighted by Crippen LogP contribution is -2.36. The zero-order valence-electron chi connectivity index (χ0n) is 12.9. The minimum atomic E-state index is -0.208. The van der Waals surface area contributed by atoms with Gasteiger partial charge in [0.15, 0.2) is 0 Å². The van der Waals surface area contributed by atoms with Crippen molar-refractivity contribution in [2.45, 2.75) is 20.3 Å². The summed E-state index contributed by atoms with van der Waals surface area (Å²) < 4.78 is 0. The summed E-state index contributed by atoms with van der Waals surface area (Å²) in [6.07, 6.45) is 0.839. The van der Waals surface area contributed by atoms with Gasteiger partial charge in [0.05, 0.1) is 0 Å². The van der Waals surface area contributed by atoms with Gasteiger partial charge in [-0.15, -0.1) is 0 Å². The van der Waals surface area contributed by atoms with Gasteiger partial charge in [0.25, 0.3) is 0 Å². The van der Waals surface area contributed by atoms with Crippen molar-refractivity contribution < 1.29 is 9.59 Å². The van der Waals surface area contributed by atoms with Gasteiger partial charge in [0.1, 0.15) is 6.54 Å². The van der Waals surface area contributed by atoms with Gasteiger partial charge in [-0.2, -0.15) is 0 Å². The van der Waals surface area contributed by atoms with E-state index in [1.165, 1.54) is 11.8 Å². The fourth-order valence-electron chi connectivity index (χ4n) is 2.28. The molecular formula is C18H20N2O2. The average Bonchev–Trinajstić information content (AvgIpc) is 2.53. The molecule has 0 heterocycles. The smallest absolute Gasteiger partial charge is 0.244 e. The van der Waals surface area contributed by atoms with E-state index in [2.05, 4.69) is 5.32 Å². The highest BCUT2D eigenvalue weighted by Crippen LogP contribution is 2.17. The van der Waals surface area contributed by atoms with Crippen LogP contribution >= 0.6 is 0 Å². The van der Waals surface area contributed by atoms with Gasteiger partial charge in [-0.3, -0.25) is 9.59 Å². The summed E-state index contributed by atoms with van der Waals surface area (Å²) >= 11 is 0. The van der Waals surface area contributed by atoms with Gasteiger partial charge < -0.3 is 10.2 Å². The van der Waals surface area contributed by atoms with E-state index in [1.54, 1.807) is 0 Å². The Labute approximate surface area is 130 Å². The summed E-state index contributed by atoms with van der Waals surface area (Å²) in [6.45, 7) is 3.49. The van der Waals surface area contributed by atoms with Crippen molar-refractivity contribution in [3.05, 3.63) is 60.2 Å². The van der Waals surface area contributed by atoms with Crippen LogP contribution < -0.4 is 10.2 Å². The summed E-state index contributed by atoms with van der Waals surface area (Å²) in [5.41, 5.74) is 2.59. The number of nitrogens with zero attached hydrogens (tertiary/aromatic N) is 1. The zero-order chi connectivity index (χ0) is 15.9. The number of rotatable bonds is 5. The number of carbonyl (C=O) groups excluding carboxylic acids is 2. The predicted molar refractivity (Wildman–Crippen MR) is 88.9 cm³/mol. The first-order valence-electron chi connectivity index (χ1n) is 7.32.